The number of nitrogens with one attached hydrogen (secondary N) is 4. The third-order valence-electron chi connectivity index (χ3n) is 8.98. The first-order chi connectivity index (χ1) is 24.8. The monoisotopic (exact) mass is 713 g/mol. The summed E-state index contributed by atoms with van der Waals surface area (Å²) in [5, 5.41) is 16.9. The number of hydrogen-bond donors (Lipinski definition) is 4. The number of aromatic nitrogens is 1. The van der Waals surface area contributed by atoms with Crippen molar-refractivity contribution in [1.82, 2.24) is 35.7 Å². The van der Waals surface area contributed by atoms with Crippen molar-refractivity contribution in [3.8, 4) is 0 Å². The number of carbonyl (C=O) groups excluding carboxylic acids is 7. The average molecular weight is 714 g/mol. The van der Waals surface area contributed by atoms with Crippen molar-refractivity contribution in [3.63, 3.8) is 0 Å². The first-order valence-electron chi connectivity index (χ1n) is 17.2. The van der Waals surface area contributed by atoms with E-state index in [1.807, 2.05) is 25.1 Å². The maximum absolute atomic E-state index is 13.0. The first kappa shape index (κ1) is 37.3. The van der Waals surface area contributed by atoms with Crippen molar-refractivity contribution < 1.29 is 33.6 Å². The van der Waals surface area contributed by atoms with E-state index in [2.05, 4.69) is 31.4 Å². The molecule has 3 aliphatic heterocycles. The zero-order chi connectivity index (χ0) is 37.5. The van der Waals surface area contributed by atoms with Crippen LogP contribution in [0.15, 0.2) is 60.0 Å². The summed E-state index contributed by atoms with van der Waals surface area (Å²) >= 11 is 0. The molecule has 3 atom stereocenters. The molecule has 5 rings (SSSR count). The highest BCUT2D eigenvalue weighted by molar-refractivity contribution is 6.14. The minimum absolute atomic E-state index is 0.119. The van der Waals surface area contributed by atoms with Crippen LogP contribution in [0.25, 0.3) is 0 Å². The van der Waals surface area contributed by atoms with E-state index in [0.29, 0.717) is 25.2 Å². The topological polar surface area (TPSA) is 203 Å². The van der Waals surface area contributed by atoms with Crippen LogP contribution < -0.4 is 21.3 Å². The number of pyridine rings is 1. The summed E-state index contributed by atoms with van der Waals surface area (Å²) in [6, 6.07) is 7.09. The molecule has 0 aliphatic carbocycles. The van der Waals surface area contributed by atoms with Gasteiger partial charge in [-0.15, -0.1) is 0 Å². The molecule has 16 heteroatoms. The molecule has 1 aromatic heterocycles. The molecule has 3 aliphatic rings. The third-order valence-corrected chi connectivity index (χ3v) is 8.98. The Bertz CT molecular complexity index is 1760. The summed E-state index contributed by atoms with van der Waals surface area (Å²) in [5.74, 6) is -3.57. The van der Waals surface area contributed by atoms with Crippen LogP contribution in [0.5, 0.6) is 0 Å². The number of urea groups is 1. The van der Waals surface area contributed by atoms with Crippen LogP contribution in [-0.2, 0) is 41.9 Å². The van der Waals surface area contributed by atoms with Crippen LogP contribution >= 0.6 is 0 Å². The molecule has 8 amide bonds. The van der Waals surface area contributed by atoms with E-state index < -0.39 is 48.2 Å². The van der Waals surface area contributed by atoms with Crippen molar-refractivity contribution in [2.45, 2.75) is 65.7 Å². The highest BCUT2D eigenvalue weighted by Crippen LogP contribution is 2.24. The standard InChI is InChI=1S/C36H43N9O7/c1-21(2)32(41-28(46)20-44-29(47)10-11-30(44)48)35(51)39-23(4)34(50)38-13-5-15-45-31(49)16-22(3)33(42-45)24-6-8-27(9-7-24)40-36(52)43-18-25-12-14-37-17-26(25)19-43/h6-12,14,17,21-23,32H,5,13,15-16,18-20H2,1-4H3,(H,38,50)(H,39,51)(H,40,52)(H,41,46)/t22?,23-,32-/m0/s1. The normalized spacial score (nSPS) is 17.9. The summed E-state index contributed by atoms with van der Waals surface area (Å²) in [4.78, 5) is 94.0. The Hall–Kier alpha value is -5.93. The number of hydrazone groups is 1. The number of benzene rings is 1. The minimum Gasteiger partial charge on any atom is -0.354 e. The van der Waals surface area contributed by atoms with E-state index in [-0.39, 0.29) is 43.3 Å². The minimum atomic E-state index is -1.01. The molecule has 2 aromatic rings. The van der Waals surface area contributed by atoms with Crippen LogP contribution in [0.3, 0.4) is 0 Å². The molecule has 0 saturated carbocycles. The Morgan fingerprint density at radius 1 is 0.904 bits per heavy atom. The largest absolute Gasteiger partial charge is 0.354 e. The molecule has 0 radical (unpaired) electrons. The van der Waals surface area contributed by atoms with Gasteiger partial charge in [0.2, 0.25) is 23.6 Å². The van der Waals surface area contributed by atoms with Crippen molar-refractivity contribution in [2.24, 2.45) is 16.9 Å². The van der Waals surface area contributed by atoms with Gasteiger partial charge in [0.15, 0.2) is 0 Å². The van der Waals surface area contributed by atoms with Gasteiger partial charge in [0.1, 0.15) is 18.6 Å². The van der Waals surface area contributed by atoms with Crippen molar-refractivity contribution >= 4 is 52.9 Å². The number of nitrogens with zero attached hydrogens (tertiary/aromatic N) is 5. The maximum atomic E-state index is 13.0. The van der Waals surface area contributed by atoms with Crippen LogP contribution in [0.2, 0.25) is 0 Å². The lowest BCUT2D eigenvalue weighted by Crippen LogP contribution is -2.56. The lowest BCUT2D eigenvalue weighted by Gasteiger charge is -2.28. The highest BCUT2D eigenvalue weighted by atomic mass is 16.2. The van der Waals surface area contributed by atoms with Crippen molar-refractivity contribution in [1.29, 1.82) is 0 Å². The Morgan fingerprint density at radius 3 is 2.27 bits per heavy atom. The van der Waals surface area contributed by atoms with E-state index in [1.54, 1.807) is 43.3 Å². The Morgan fingerprint density at radius 2 is 1.60 bits per heavy atom. The molecule has 1 aromatic carbocycles. The smallest absolute Gasteiger partial charge is 0.322 e. The fraction of sp³-hybridized carbons (Fsp3) is 0.417. The number of rotatable bonds is 13. The van der Waals surface area contributed by atoms with Crippen LogP contribution in [0.1, 0.15) is 57.2 Å². The number of hydrogen-bond acceptors (Lipinski definition) is 9. The van der Waals surface area contributed by atoms with Gasteiger partial charge in [0.25, 0.3) is 11.8 Å². The van der Waals surface area contributed by atoms with Gasteiger partial charge >= 0.3 is 6.03 Å². The first-order valence-corrected chi connectivity index (χ1v) is 17.2. The fourth-order valence-electron chi connectivity index (χ4n) is 6.00. The van der Waals surface area contributed by atoms with Gasteiger partial charge in [-0.05, 0) is 54.2 Å². The molecule has 0 fully saturated rings. The summed E-state index contributed by atoms with van der Waals surface area (Å²) in [5.41, 5.74) is 4.31. The van der Waals surface area contributed by atoms with Gasteiger partial charge in [-0.3, -0.25) is 38.7 Å². The predicted octanol–water partition coefficient (Wildman–Crippen LogP) is 1.28. The van der Waals surface area contributed by atoms with E-state index in [0.717, 1.165) is 39.5 Å². The second kappa shape index (κ2) is 16.4. The van der Waals surface area contributed by atoms with E-state index >= 15 is 0 Å². The van der Waals surface area contributed by atoms with Gasteiger partial charge in [0, 0.05) is 68.8 Å². The number of anilines is 1. The van der Waals surface area contributed by atoms with Gasteiger partial charge in [-0.1, -0.05) is 32.9 Å². The Kier molecular flexibility index (Phi) is 11.8. The van der Waals surface area contributed by atoms with Crippen molar-refractivity contribution in [2.75, 3.05) is 25.0 Å². The fourth-order valence-corrected chi connectivity index (χ4v) is 6.00. The van der Waals surface area contributed by atoms with Gasteiger partial charge in [0.05, 0.1) is 5.71 Å². The molecule has 0 spiro atoms. The Labute approximate surface area is 301 Å². The van der Waals surface area contributed by atoms with E-state index in [9.17, 15) is 33.6 Å². The van der Waals surface area contributed by atoms with Crippen LogP contribution in [-0.4, -0.2) is 98.7 Å². The second-order valence-corrected chi connectivity index (χ2v) is 13.4. The quantitative estimate of drug-likeness (QED) is 0.176. The molecule has 1 unspecified atom stereocenters. The molecule has 52 heavy (non-hydrogen) atoms. The van der Waals surface area contributed by atoms with Crippen LogP contribution in [0.4, 0.5) is 10.5 Å². The number of imide groups is 1. The zero-order valence-electron chi connectivity index (χ0n) is 29.5. The van der Waals surface area contributed by atoms with Gasteiger partial charge < -0.3 is 26.2 Å². The lowest BCUT2D eigenvalue weighted by atomic mass is 9.93. The predicted molar refractivity (Wildman–Crippen MR) is 189 cm³/mol. The molecule has 4 N–H and O–H groups in total. The molecular weight excluding hydrogens is 670 g/mol. The molecule has 0 bridgehead atoms. The number of amides is 8. The van der Waals surface area contributed by atoms with Gasteiger partial charge in [-0.2, -0.15) is 5.10 Å². The molecule has 0 saturated heterocycles. The van der Waals surface area contributed by atoms with E-state index in [4.69, 9.17) is 0 Å². The third kappa shape index (κ3) is 9.04. The SMILES string of the molecule is CC1CC(=O)N(CCCNC(=O)[C@H](C)NC(=O)[C@@H](NC(=O)CN2C(=O)C=CC2=O)C(C)C)N=C1c1ccc(NC(=O)N2Cc3ccncc3C2)cc1. The highest BCUT2D eigenvalue weighted by Gasteiger charge is 2.31. The van der Waals surface area contributed by atoms with Crippen molar-refractivity contribution in [3.05, 3.63) is 71.6 Å². The summed E-state index contributed by atoms with van der Waals surface area (Å²) in [6.45, 7) is 7.83. The summed E-state index contributed by atoms with van der Waals surface area (Å²) < 4.78 is 0. The van der Waals surface area contributed by atoms with Crippen LogP contribution in [0, 0.1) is 11.8 Å². The zero-order valence-corrected chi connectivity index (χ0v) is 29.5. The lowest BCUT2D eigenvalue weighted by molar-refractivity contribution is -0.141. The molecule has 274 valence electrons. The average Bonchev–Trinajstić information content (AvgIpc) is 3.69. The molecule has 4 heterocycles. The molecular formula is C36H43N9O7. The van der Waals surface area contributed by atoms with Gasteiger partial charge in [-0.25, -0.2) is 9.80 Å². The summed E-state index contributed by atoms with van der Waals surface area (Å²) in [7, 11) is 0. The maximum Gasteiger partial charge on any atom is 0.322 e. The summed E-state index contributed by atoms with van der Waals surface area (Å²) in [6.07, 6.45) is 6.30. The van der Waals surface area contributed by atoms with E-state index in [1.165, 1.54) is 11.9 Å². The Balaban J connectivity index is 1.07. The molecule has 16 nitrogen and oxygen atoms in total. The number of carbonyl (C=O) groups is 7. The number of fused-ring (bicyclic) bond motifs is 1. The second-order valence-electron chi connectivity index (χ2n) is 13.4.